The molecule has 0 saturated heterocycles. The van der Waals surface area contributed by atoms with Gasteiger partial charge in [-0.1, -0.05) is 28.8 Å². The van der Waals surface area contributed by atoms with Crippen molar-refractivity contribution in [2.24, 2.45) is 11.8 Å². The highest BCUT2D eigenvalue weighted by Crippen LogP contribution is 2.29. The monoisotopic (exact) mass is 403 g/mol. The second-order valence-electron chi connectivity index (χ2n) is 5.32. The largest absolute Gasteiger partial charge is 0.396 e. The van der Waals surface area contributed by atoms with Crippen molar-refractivity contribution in [3.8, 4) is 0 Å². The Labute approximate surface area is 136 Å². The topological polar surface area (TPSA) is 49.3 Å². The Hall–Kier alpha value is -0.390. The third-order valence-corrected chi connectivity index (χ3v) is 5.15. The Morgan fingerprint density at radius 3 is 2.60 bits per heavy atom. The van der Waals surface area contributed by atoms with Crippen LogP contribution in [0.15, 0.2) is 27.1 Å². The summed E-state index contributed by atoms with van der Waals surface area (Å²) >= 11 is 6.78. The Morgan fingerprint density at radius 2 is 1.95 bits per heavy atom. The van der Waals surface area contributed by atoms with E-state index in [9.17, 15) is 9.90 Å². The Balaban J connectivity index is 1.94. The van der Waals surface area contributed by atoms with Gasteiger partial charge in [-0.05, 0) is 58.8 Å². The normalized spacial score (nSPS) is 22.6. The van der Waals surface area contributed by atoms with Gasteiger partial charge in [0, 0.05) is 22.1 Å². The molecule has 1 fully saturated rings. The number of aliphatic hydroxyl groups is 1. The predicted octanol–water partition coefficient (Wildman–Crippen LogP) is 3.74. The molecule has 1 aromatic rings. The Kier molecular flexibility index (Phi) is 6.05. The molecule has 2 N–H and O–H groups in total. The lowest BCUT2D eigenvalue weighted by molar-refractivity contribution is 0.0908. The maximum Gasteiger partial charge on any atom is 0.252 e. The molecule has 1 saturated carbocycles. The predicted molar refractivity (Wildman–Crippen MR) is 86.7 cm³/mol. The van der Waals surface area contributed by atoms with Crippen LogP contribution in [-0.4, -0.2) is 24.2 Å². The van der Waals surface area contributed by atoms with Crippen LogP contribution < -0.4 is 5.32 Å². The van der Waals surface area contributed by atoms with Gasteiger partial charge in [0.2, 0.25) is 0 Å². The summed E-state index contributed by atoms with van der Waals surface area (Å²) < 4.78 is 1.72. The highest BCUT2D eigenvalue weighted by Gasteiger charge is 2.25. The maximum atomic E-state index is 12.2. The highest BCUT2D eigenvalue weighted by atomic mass is 79.9. The molecular formula is C15H19Br2NO2. The van der Waals surface area contributed by atoms with Crippen molar-refractivity contribution in [1.29, 1.82) is 0 Å². The van der Waals surface area contributed by atoms with E-state index >= 15 is 0 Å². The molecule has 0 bridgehead atoms. The van der Waals surface area contributed by atoms with Crippen LogP contribution in [0, 0.1) is 11.8 Å². The van der Waals surface area contributed by atoms with E-state index in [1.54, 1.807) is 6.07 Å². The molecule has 0 aromatic heterocycles. The third kappa shape index (κ3) is 4.06. The summed E-state index contributed by atoms with van der Waals surface area (Å²) in [6, 6.07) is 5.52. The van der Waals surface area contributed by atoms with Crippen molar-refractivity contribution in [3.05, 3.63) is 32.7 Å². The molecule has 110 valence electrons. The molecule has 1 aliphatic rings. The van der Waals surface area contributed by atoms with Gasteiger partial charge in [-0.15, -0.1) is 0 Å². The van der Waals surface area contributed by atoms with Crippen LogP contribution in [0.25, 0.3) is 0 Å². The number of hydrogen-bond donors (Lipinski definition) is 2. The zero-order valence-corrected chi connectivity index (χ0v) is 14.4. The fraction of sp³-hybridized carbons (Fsp3) is 0.533. The van der Waals surface area contributed by atoms with Crippen LogP contribution in [0.3, 0.4) is 0 Å². The minimum Gasteiger partial charge on any atom is -0.396 e. The number of carbonyl (C=O) groups excluding carboxylic acids is 1. The van der Waals surface area contributed by atoms with Crippen molar-refractivity contribution in [1.82, 2.24) is 5.32 Å². The lowest BCUT2D eigenvalue weighted by atomic mass is 9.79. The van der Waals surface area contributed by atoms with Gasteiger partial charge < -0.3 is 10.4 Å². The molecule has 0 spiro atoms. The SMILES string of the molecule is O=C(NCC1CCCCC1CO)c1ccc(Br)cc1Br. The quantitative estimate of drug-likeness (QED) is 0.802. The first-order valence-electron chi connectivity index (χ1n) is 6.96. The number of hydrogen-bond acceptors (Lipinski definition) is 2. The van der Waals surface area contributed by atoms with Crippen LogP contribution >= 0.6 is 31.9 Å². The minimum absolute atomic E-state index is 0.0633. The molecular weight excluding hydrogens is 386 g/mol. The van der Waals surface area contributed by atoms with Gasteiger partial charge in [0.15, 0.2) is 0 Å². The van der Waals surface area contributed by atoms with Gasteiger partial charge in [-0.25, -0.2) is 0 Å². The van der Waals surface area contributed by atoms with Gasteiger partial charge >= 0.3 is 0 Å². The van der Waals surface area contributed by atoms with Crippen LogP contribution in [0.4, 0.5) is 0 Å². The molecule has 2 unspecified atom stereocenters. The van der Waals surface area contributed by atoms with Gasteiger partial charge in [-0.2, -0.15) is 0 Å². The first kappa shape index (κ1) is 16.0. The van der Waals surface area contributed by atoms with E-state index in [4.69, 9.17) is 0 Å². The molecule has 1 aromatic carbocycles. The molecule has 2 atom stereocenters. The van der Waals surface area contributed by atoms with Crippen molar-refractivity contribution >= 4 is 37.8 Å². The number of aliphatic hydroxyl groups excluding tert-OH is 1. The second-order valence-corrected chi connectivity index (χ2v) is 7.09. The van der Waals surface area contributed by atoms with Gasteiger partial charge in [-0.3, -0.25) is 4.79 Å². The lowest BCUT2D eigenvalue weighted by Crippen LogP contribution is -2.35. The van der Waals surface area contributed by atoms with E-state index in [0.29, 0.717) is 23.9 Å². The van der Waals surface area contributed by atoms with Gasteiger partial charge in [0.05, 0.1) is 5.56 Å². The summed E-state index contributed by atoms with van der Waals surface area (Å²) in [5.74, 6) is 0.663. The molecule has 3 nitrogen and oxygen atoms in total. The molecule has 20 heavy (non-hydrogen) atoms. The molecule has 1 aliphatic carbocycles. The molecule has 0 radical (unpaired) electrons. The summed E-state index contributed by atoms with van der Waals surface area (Å²) in [7, 11) is 0. The van der Waals surface area contributed by atoms with E-state index < -0.39 is 0 Å². The first-order valence-corrected chi connectivity index (χ1v) is 8.54. The number of nitrogens with one attached hydrogen (secondary N) is 1. The summed E-state index contributed by atoms with van der Waals surface area (Å²) in [5.41, 5.74) is 0.643. The van der Waals surface area contributed by atoms with Crippen molar-refractivity contribution < 1.29 is 9.90 Å². The zero-order valence-electron chi connectivity index (χ0n) is 11.2. The van der Waals surface area contributed by atoms with Gasteiger partial charge in [0.25, 0.3) is 5.91 Å². The molecule has 2 rings (SSSR count). The van der Waals surface area contributed by atoms with E-state index in [0.717, 1.165) is 21.8 Å². The second kappa shape index (κ2) is 7.57. The van der Waals surface area contributed by atoms with E-state index in [2.05, 4.69) is 37.2 Å². The summed E-state index contributed by atoms with van der Waals surface area (Å²) in [6.07, 6.45) is 4.54. The summed E-state index contributed by atoms with van der Waals surface area (Å²) in [6.45, 7) is 0.870. The maximum absolute atomic E-state index is 12.2. The van der Waals surface area contributed by atoms with Crippen molar-refractivity contribution in [2.45, 2.75) is 25.7 Å². The average molecular weight is 405 g/mol. The molecule has 0 heterocycles. The third-order valence-electron chi connectivity index (χ3n) is 4.00. The molecule has 1 amide bonds. The number of amides is 1. The van der Waals surface area contributed by atoms with Crippen LogP contribution in [-0.2, 0) is 0 Å². The number of carbonyl (C=O) groups is 1. The summed E-state index contributed by atoms with van der Waals surface area (Å²) in [5, 5.41) is 12.4. The molecule has 5 heteroatoms. The Morgan fingerprint density at radius 1 is 1.25 bits per heavy atom. The standard InChI is InChI=1S/C15H19Br2NO2/c16-12-5-6-13(14(17)7-12)15(20)18-8-10-3-1-2-4-11(10)9-19/h5-7,10-11,19H,1-4,8-9H2,(H,18,20). The molecule has 0 aliphatic heterocycles. The zero-order chi connectivity index (χ0) is 14.5. The fourth-order valence-corrected chi connectivity index (χ4v) is 4.01. The smallest absolute Gasteiger partial charge is 0.252 e. The number of benzene rings is 1. The summed E-state index contributed by atoms with van der Waals surface area (Å²) in [4.78, 5) is 12.2. The minimum atomic E-state index is -0.0633. The van der Waals surface area contributed by atoms with Crippen molar-refractivity contribution in [2.75, 3.05) is 13.2 Å². The average Bonchev–Trinajstić information content (AvgIpc) is 2.45. The van der Waals surface area contributed by atoms with E-state index in [-0.39, 0.29) is 12.5 Å². The number of rotatable bonds is 4. The van der Waals surface area contributed by atoms with Crippen LogP contribution in [0.2, 0.25) is 0 Å². The van der Waals surface area contributed by atoms with Gasteiger partial charge in [0.1, 0.15) is 0 Å². The highest BCUT2D eigenvalue weighted by molar-refractivity contribution is 9.11. The first-order chi connectivity index (χ1) is 9.61. The van der Waals surface area contributed by atoms with E-state index in [1.807, 2.05) is 12.1 Å². The number of halogens is 2. The van der Waals surface area contributed by atoms with Crippen molar-refractivity contribution in [3.63, 3.8) is 0 Å². The van der Waals surface area contributed by atoms with Crippen LogP contribution in [0.1, 0.15) is 36.0 Å². The lowest BCUT2D eigenvalue weighted by Gasteiger charge is -2.30. The fourth-order valence-electron chi connectivity index (χ4n) is 2.79. The van der Waals surface area contributed by atoms with E-state index in [1.165, 1.54) is 12.8 Å². The van der Waals surface area contributed by atoms with Crippen LogP contribution in [0.5, 0.6) is 0 Å². The Bertz CT molecular complexity index is 479.